The Balaban J connectivity index is 2.45. The Labute approximate surface area is 70.8 Å². The van der Waals surface area contributed by atoms with Crippen LogP contribution in [-0.2, 0) is 0 Å². The number of H-pyrrole nitrogens is 1. The number of nitrogens with zero attached hydrogens (tertiary/aromatic N) is 2. The smallest absolute Gasteiger partial charge is 0.217 e. The van der Waals surface area contributed by atoms with Crippen LogP contribution in [0.1, 0.15) is 0 Å². The minimum atomic E-state index is 0.557. The van der Waals surface area contributed by atoms with E-state index in [1.54, 1.807) is 18.4 Å². The molecule has 0 spiro atoms. The van der Waals surface area contributed by atoms with Crippen LogP contribution in [-0.4, -0.2) is 15.2 Å². The quantitative estimate of drug-likeness (QED) is 0.787. The predicted octanol–water partition coefficient (Wildman–Crippen LogP) is 1.83. The highest BCUT2D eigenvalue weighted by Crippen LogP contribution is 2.15. The fourth-order valence-electron chi connectivity index (χ4n) is 0.758. The molecule has 4 nitrogen and oxygen atoms in total. The molecule has 2 aromatic rings. The largest absolute Gasteiger partial charge is 0.461 e. The summed E-state index contributed by atoms with van der Waals surface area (Å²) in [6, 6.07) is 3.59. The van der Waals surface area contributed by atoms with Crippen molar-refractivity contribution in [3.05, 3.63) is 23.1 Å². The van der Waals surface area contributed by atoms with Crippen LogP contribution in [0.2, 0.25) is 0 Å². The molecule has 0 saturated carbocycles. The van der Waals surface area contributed by atoms with Gasteiger partial charge in [0, 0.05) is 0 Å². The van der Waals surface area contributed by atoms with Crippen LogP contribution in [0.25, 0.3) is 11.6 Å². The first-order valence-corrected chi connectivity index (χ1v) is 3.77. The molecule has 0 aliphatic carbocycles. The number of hydrogen-bond acceptors (Lipinski definition) is 3. The number of aromatic amines is 1. The van der Waals surface area contributed by atoms with E-state index < -0.39 is 0 Å². The minimum Gasteiger partial charge on any atom is -0.461 e. The van der Waals surface area contributed by atoms with Gasteiger partial charge in [-0.25, -0.2) is 0 Å². The normalized spacial score (nSPS) is 10.3. The van der Waals surface area contributed by atoms with E-state index in [1.165, 1.54) is 0 Å². The zero-order valence-electron chi connectivity index (χ0n) is 5.41. The van der Waals surface area contributed by atoms with Gasteiger partial charge in [-0.15, -0.1) is 5.10 Å². The third-order valence-electron chi connectivity index (χ3n) is 1.20. The van der Waals surface area contributed by atoms with Crippen molar-refractivity contribution in [1.29, 1.82) is 0 Å². The van der Waals surface area contributed by atoms with Gasteiger partial charge in [0.05, 0.1) is 6.26 Å². The summed E-state index contributed by atoms with van der Waals surface area (Å²) in [4.78, 5) is 4.01. The lowest BCUT2D eigenvalue weighted by Crippen LogP contribution is -1.74. The highest BCUT2D eigenvalue weighted by molar-refractivity contribution is 9.10. The minimum absolute atomic E-state index is 0.557. The van der Waals surface area contributed by atoms with E-state index in [1.807, 2.05) is 0 Å². The van der Waals surface area contributed by atoms with E-state index in [0.717, 1.165) is 0 Å². The molecule has 5 heteroatoms. The van der Waals surface area contributed by atoms with Crippen molar-refractivity contribution in [1.82, 2.24) is 15.2 Å². The standard InChI is InChI=1S/C6H4BrN3O/c7-6-8-5(9-10-6)4-2-1-3-11-4/h1-3H,(H,8,9,10). The van der Waals surface area contributed by atoms with E-state index >= 15 is 0 Å². The lowest BCUT2D eigenvalue weighted by Gasteiger charge is -1.82. The van der Waals surface area contributed by atoms with Gasteiger partial charge in [0.2, 0.25) is 5.82 Å². The van der Waals surface area contributed by atoms with Gasteiger partial charge < -0.3 is 4.42 Å². The van der Waals surface area contributed by atoms with Gasteiger partial charge in [-0.1, -0.05) is 0 Å². The first kappa shape index (κ1) is 6.60. The lowest BCUT2D eigenvalue weighted by molar-refractivity contribution is 0.577. The van der Waals surface area contributed by atoms with Gasteiger partial charge in [-0.3, -0.25) is 5.10 Å². The van der Waals surface area contributed by atoms with E-state index in [-0.39, 0.29) is 0 Å². The number of halogens is 1. The molecule has 11 heavy (non-hydrogen) atoms. The zero-order valence-corrected chi connectivity index (χ0v) is 7.00. The zero-order chi connectivity index (χ0) is 7.68. The lowest BCUT2D eigenvalue weighted by atomic mass is 10.4. The first-order chi connectivity index (χ1) is 5.36. The van der Waals surface area contributed by atoms with Crippen molar-refractivity contribution in [2.45, 2.75) is 0 Å². The van der Waals surface area contributed by atoms with Gasteiger partial charge >= 0.3 is 0 Å². The van der Waals surface area contributed by atoms with Crippen molar-refractivity contribution < 1.29 is 4.42 Å². The molecule has 0 aliphatic rings. The van der Waals surface area contributed by atoms with E-state index in [9.17, 15) is 0 Å². The molecule has 0 fully saturated rings. The average molecular weight is 214 g/mol. The molecule has 2 aromatic heterocycles. The van der Waals surface area contributed by atoms with Gasteiger partial charge in [-0.05, 0) is 28.1 Å². The predicted molar refractivity (Wildman–Crippen MR) is 41.8 cm³/mol. The molecular weight excluding hydrogens is 210 g/mol. The van der Waals surface area contributed by atoms with E-state index in [2.05, 4.69) is 31.1 Å². The van der Waals surface area contributed by atoms with Gasteiger partial charge in [0.1, 0.15) is 0 Å². The summed E-state index contributed by atoms with van der Waals surface area (Å²) in [6.07, 6.45) is 1.58. The second kappa shape index (κ2) is 2.50. The summed E-state index contributed by atoms with van der Waals surface area (Å²) in [5.41, 5.74) is 0. The number of furan rings is 1. The molecule has 0 unspecified atom stereocenters. The summed E-state index contributed by atoms with van der Waals surface area (Å²) >= 11 is 3.15. The monoisotopic (exact) mass is 213 g/mol. The molecule has 0 bridgehead atoms. The molecule has 0 aromatic carbocycles. The third-order valence-corrected chi connectivity index (χ3v) is 1.55. The van der Waals surface area contributed by atoms with Crippen LogP contribution in [0.4, 0.5) is 0 Å². The molecule has 56 valence electrons. The molecule has 0 radical (unpaired) electrons. The second-order valence-corrected chi connectivity index (χ2v) is 2.68. The van der Waals surface area contributed by atoms with Crippen molar-refractivity contribution in [2.75, 3.05) is 0 Å². The molecule has 2 heterocycles. The highest BCUT2D eigenvalue weighted by atomic mass is 79.9. The number of hydrogen-bond donors (Lipinski definition) is 1. The van der Waals surface area contributed by atoms with Crippen molar-refractivity contribution in [2.24, 2.45) is 0 Å². The van der Waals surface area contributed by atoms with Crippen molar-refractivity contribution in [3.63, 3.8) is 0 Å². The van der Waals surface area contributed by atoms with Gasteiger partial charge in [-0.2, -0.15) is 4.98 Å². The van der Waals surface area contributed by atoms with Crippen LogP contribution in [0, 0.1) is 0 Å². The number of nitrogens with one attached hydrogen (secondary N) is 1. The van der Waals surface area contributed by atoms with Gasteiger partial charge in [0.25, 0.3) is 0 Å². The van der Waals surface area contributed by atoms with Crippen LogP contribution in [0.5, 0.6) is 0 Å². The Bertz CT molecular complexity index is 340. The van der Waals surface area contributed by atoms with Crippen LogP contribution in [0.15, 0.2) is 27.5 Å². The molecular formula is C6H4BrN3O. The molecule has 0 aliphatic heterocycles. The van der Waals surface area contributed by atoms with E-state index in [0.29, 0.717) is 16.3 Å². The van der Waals surface area contributed by atoms with Crippen molar-refractivity contribution >= 4 is 15.9 Å². The summed E-state index contributed by atoms with van der Waals surface area (Å²) in [6.45, 7) is 0. The Hall–Kier alpha value is -1.10. The molecule has 2 rings (SSSR count). The summed E-state index contributed by atoms with van der Waals surface area (Å²) in [5, 5.41) is 6.53. The summed E-state index contributed by atoms with van der Waals surface area (Å²) < 4.78 is 5.67. The second-order valence-electron chi connectivity index (χ2n) is 1.93. The van der Waals surface area contributed by atoms with E-state index in [4.69, 9.17) is 4.42 Å². The number of rotatable bonds is 1. The van der Waals surface area contributed by atoms with Crippen LogP contribution in [0.3, 0.4) is 0 Å². The summed E-state index contributed by atoms with van der Waals surface area (Å²) in [7, 11) is 0. The van der Waals surface area contributed by atoms with Crippen LogP contribution < -0.4 is 0 Å². The maximum atomic E-state index is 5.07. The topological polar surface area (TPSA) is 54.7 Å². The maximum Gasteiger partial charge on any atom is 0.217 e. The maximum absolute atomic E-state index is 5.07. The Morgan fingerprint density at radius 2 is 2.45 bits per heavy atom. The van der Waals surface area contributed by atoms with Gasteiger partial charge in [0.15, 0.2) is 10.5 Å². The molecule has 0 saturated heterocycles. The third kappa shape index (κ3) is 1.19. The van der Waals surface area contributed by atoms with Crippen molar-refractivity contribution in [3.8, 4) is 11.6 Å². The molecule has 0 amide bonds. The summed E-state index contributed by atoms with van der Waals surface area (Å²) in [5.74, 6) is 1.22. The highest BCUT2D eigenvalue weighted by Gasteiger charge is 2.05. The Morgan fingerprint density at radius 1 is 1.55 bits per heavy atom. The first-order valence-electron chi connectivity index (χ1n) is 2.98. The molecule has 0 atom stereocenters. The SMILES string of the molecule is Brc1nc(-c2ccco2)n[nH]1. The fraction of sp³-hybridized carbons (Fsp3) is 0. The molecule has 1 N–H and O–H groups in total. The number of aromatic nitrogens is 3. The van der Waals surface area contributed by atoms with Crippen LogP contribution >= 0.6 is 15.9 Å². The fourth-order valence-corrected chi connectivity index (χ4v) is 1.01. The Morgan fingerprint density at radius 3 is 3.00 bits per heavy atom. The Kier molecular flexibility index (Phi) is 1.50. The average Bonchev–Trinajstić information content (AvgIpc) is 2.55.